The highest BCUT2D eigenvalue weighted by Gasteiger charge is 2.24. The van der Waals surface area contributed by atoms with E-state index < -0.39 is 12.6 Å². The Hall–Kier alpha value is -1.56. The molecule has 0 saturated carbocycles. The van der Waals surface area contributed by atoms with Crippen molar-refractivity contribution in [3.05, 3.63) is 41.3 Å². The van der Waals surface area contributed by atoms with Crippen LogP contribution in [-0.2, 0) is 0 Å². The van der Waals surface area contributed by atoms with Crippen LogP contribution in [-0.4, -0.2) is 21.2 Å². The van der Waals surface area contributed by atoms with E-state index in [0.717, 1.165) is 4.68 Å². The van der Waals surface area contributed by atoms with Gasteiger partial charge in [0.1, 0.15) is 5.69 Å². The zero-order valence-corrected chi connectivity index (χ0v) is 9.15. The molecule has 0 aliphatic carbocycles. The van der Waals surface area contributed by atoms with Crippen molar-refractivity contribution >= 4 is 11.6 Å². The summed E-state index contributed by atoms with van der Waals surface area (Å²) in [6.45, 7) is 0. The van der Waals surface area contributed by atoms with Crippen molar-refractivity contribution in [1.82, 2.24) is 14.8 Å². The van der Waals surface area contributed by atoms with E-state index in [1.807, 2.05) is 0 Å². The zero-order valence-electron chi connectivity index (χ0n) is 8.39. The molecular weight excluding hydrogens is 255 g/mol. The van der Waals surface area contributed by atoms with E-state index >= 15 is 0 Å². The molecule has 0 saturated heterocycles. The van der Waals surface area contributed by atoms with E-state index in [1.54, 1.807) is 12.1 Å². The lowest BCUT2D eigenvalue weighted by Crippen LogP contribution is -2.06. The Morgan fingerprint density at radius 3 is 2.65 bits per heavy atom. The van der Waals surface area contributed by atoms with Gasteiger partial charge in [0.15, 0.2) is 5.82 Å². The lowest BCUT2D eigenvalue weighted by atomic mass is 10.3. The van der Waals surface area contributed by atoms with Gasteiger partial charge in [0.05, 0.1) is 5.02 Å². The lowest BCUT2D eigenvalue weighted by Gasteiger charge is -2.04. The summed E-state index contributed by atoms with van der Waals surface area (Å²) in [7, 11) is 0. The number of rotatable bonds is 3. The fraction of sp³-hybridized carbons (Fsp3) is 0.200. The molecule has 0 radical (unpaired) electrons. The van der Waals surface area contributed by atoms with Crippen LogP contribution in [0.15, 0.2) is 30.6 Å². The second-order valence-electron chi connectivity index (χ2n) is 3.23. The second-order valence-corrected chi connectivity index (χ2v) is 3.64. The summed E-state index contributed by atoms with van der Waals surface area (Å²) in [5.74, 6) is 0.266. The van der Waals surface area contributed by atoms with Crippen LogP contribution in [0.2, 0.25) is 5.02 Å². The smallest absolute Gasteiger partial charge is 0.236 e. The van der Waals surface area contributed by atoms with Gasteiger partial charge in [-0.25, -0.2) is 22.8 Å². The fourth-order valence-electron chi connectivity index (χ4n) is 1.28. The first-order valence-electron chi connectivity index (χ1n) is 4.68. The summed E-state index contributed by atoms with van der Waals surface area (Å²) in [6, 6.07) is 4.36. The maximum absolute atomic E-state index is 13.0. The van der Waals surface area contributed by atoms with E-state index in [1.165, 1.54) is 18.5 Å². The van der Waals surface area contributed by atoms with Crippen LogP contribution >= 0.6 is 11.6 Å². The monoisotopic (exact) mass is 261 g/mol. The van der Waals surface area contributed by atoms with Crippen molar-refractivity contribution in [3.63, 3.8) is 0 Å². The minimum Gasteiger partial charge on any atom is -0.236 e. The van der Waals surface area contributed by atoms with Gasteiger partial charge >= 0.3 is 0 Å². The van der Waals surface area contributed by atoms with Crippen LogP contribution < -0.4 is 0 Å². The molecule has 1 atom stereocenters. The highest BCUT2D eigenvalue weighted by Crippen LogP contribution is 2.24. The maximum Gasteiger partial charge on any atom is 0.275 e. The molecule has 2 rings (SSSR count). The summed E-state index contributed by atoms with van der Waals surface area (Å²) in [5.41, 5.74) is -0.346. The average molecular weight is 262 g/mol. The first-order valence-corrected chi connectivity index (χ1v) is 5.06. The summed E-state index contributed by atoms with van der Waals surface area (Å²) >= 11 is 5.84. The molecule has 17 heavy (non-hydrogen) atoms. The highest BCUT2D eigenvalue weighted by atomic mass is 35.5. The van der Waals surface area contributed by atoms with E-state index in [2.05, 4.69) is 10.1 Å². The SMILES string of the molecule is FC(F)C(F)c1ccn(-c2ncccc2Cl)n1. The summed E-state index contributed by atoms with van der Waals surface area (Å²) < 4.78 is 38.4. The molecule has 0 spiro atoms. The molecule has 0 fully saturated rings. The molecule has 0 amide bonds. The van der Waals surface area contributed by atoms with Crippen molar-refractivity contribution in [2.45, 2.75) is 12.6 Å². The molecule has 0 aliphatic heterocycles. The van der Waals surface area contributed by atoms with Crippen LogP contribution in [0.4, 0.5) is 13.2 Å². The number of hydrogen-bond donors (Lipinski definition) is 0. The van der Waals surface area contributed by atoms with Crippen molar-refractivity contribution < 1.29 is 13.2 Å². The Morgan fingerprint density at radius 1 is 1.24 bits per heavy atom. The van der Waals surface area contributed by atoms with Gasteiger partial charge in [-0.05, 0) is 18.2 Å². The Bertz CT molecular complexity index is 515. The fourth-order valence-corrected chi connectivity index (χ4v) is 1.49. The van der Waals surface area contributed by atoms with Crippen LogP contribution in [0.25, 0.3) is 5.82 Å². The van der Waals surface area contributed by atoms with Crippen molar-refractivity contribution in [1.29, 1.82) is 0 Å². The van der Waals surface area contributed by atoms with Crippen LogP contribution in [0.3, 0.4) is 0 Å². The molecule has 2 aromatic rings. The first-order chi connectivity index (χ1) is 8.09. The minimum atomic E-state index is -3.10. The number of halogens is 4. The van der Waals surface area contributed by atoms with Crippen molar-refractivity contribution in [2.24, 2.45) is 0 Å². The Morgan fingerprint density at radius 2 is 2.00 bits per heavy atom. The molecule has 0 aliphatic rings. The Kier molecular flexibility index (Phi) is 3.33. The van der Waals surface area contributed by atoms with Gasteiger partial charge in [0.25, 0.3) is 6.43 Å². The van der Waals surface area contributed by atoms with Crippen LogP contribution in [0.1, 0.15) is 11.9 Å². The Balaban J connectivity index is 2.34. The van der Waals surface area contributed by atoms with Gasteiger partial charge in [-0.2, -0.15) is 5.10 Å². The third kappa shape index (κ3) is 2.41. The molecule has 2 aromatic heterocycles. The summed E-state index contributed by atoms with van der Waals surface area (Å²) in [6.07, 6.45) is -2.70. The van der Waals surface area contributed by atoms with Gasteiger partial charge in [-0.3, -0.25) is 0 Å². The number of pyridine rings is 1. The average Bonchev–Trinajstić information content (AvgIpc) is 2.77. The second kappa shape index (κ2) is 4.75. The van der Waals surface area contributed by atoms with E-state index in [9.17, 15) is 13.2 Å². The quantitative estimate of drug-likeness (QED) is 0.849. The predicted molar refractivity (Wildman–Crippen MR) is 56.2 cm³/mol. The summed E-state index contributed by atoms with van der Waals surface area (Å²) in [4.78, 5) is 3.92. The minimum absolute atomic E-state index is 0.266. The third-order valence-corrected chi connectivity index (χ3v) is 2.36. The van der Waals surface area contributed by atoms with E-state index in [-0.39, 0.29) is 11.5 Å². The molecule has 7 heteroatoms. The van der Waals surface area contributed by atoms with Gasteiger partial charge < -0.3 is 0 Å². The molecule has 3 nitrogen and oxygen atoms in total. The largest absolute Gasteiger partial charge is 0.275 e. The first kappa shape index (κ1) is 11.9. The lowest BCUT2D eigenvalue weighted by molar-refractivity contribution is 0.0471. The number of hydrogen-bond acceptors (Lipinski definition) is 2. The maximum atomic E-state index is 13.0. The number of alkyl halides is 3. The topological polar surface area (TPSA) is 30.7 Å². The van der Waals surface area contributed by atoms with Crippen LogP contribution in [0, 0.1) is 0 Å². The highest BCUT2D eigenvalue weighted by molar-refractivity contribution is 6.32. The molecule has 0 aromatic carbocycles. The standard InChI is InChI=1S/C10H7ClF3N3/c11-6-2-1-4-15-10(6)17-5-3-7(16-17)8(12)9(13)14/h1-5,8-9H. The molecule has 0 bridgehead atoms. The van der Waals surface area contributed by atoms with Gasteiger partial charge in [0.2, 0.25) is 6.17 Å². The molecule has 2 heterocycles. The van der Waals surface area contributed by atoms with Crippen molar-refractivity contribution in [2.75, 3.05) is 0 Å². The van der Waals surface area contributed by atoms with E-state index in [4.69, 9.17) is 11.6 Å². The third-order valence-electron chi connectivity index (χ3n) is 2.07. The molecule has 1 unspecified atom stereocenters. The normalized spacial score (nSPS) is 13.0. The Labute approximate surface area is 99.8 Å². The molecule has 0 N–H and O–H groups in total. The van der Waals surface area contributed by atoms with E-state index in [0.29, 0.717) is 5.02 Å². The van der Waals surface area contributed by atoms with Crippen LogP contribution in [0.5, 0.6) is 0 Å². The van der Waals surface area contributed by atoms with Gasteiger partial charge in [-0.1, -0.05) is 11.6 Å². The molecule has 90 valence electrons. The zero-order chi connectivity index (χ0) is 12.4. The van der Waals surface area contributed by atoms with Gasteiger partial charge in [-0.15, -0.1) is 0 Å². The number of aromatic nitrogens is 3. The summed E-state index contributed by atoms with van der Waals surface area (Å²) in [5, 5.41) is 3.98. The van der Waals surface area contributed by atoms with Gasteiger partial charge in [0, 0.05) is 12.4 Å². The molecular formula is C10H7ClF3N3. The predicted octanol–water partition coefficient (Wildman–Crippen LogP) is 3.20. The van der Waals surface area contributed by atoms with Crippen molar-refractivity contribution in [3.8, 4) is 5.82 Å². The number of nitrogens with zero attached hydrogens (tertiary/aromatic N) is 3.